The molecular formula is C16H29N3O2. The Kier molecular flexibility index (Phi) is 6.40. The normalized spacial score (nSPS) is 14.2. The summed E-state index contributed by atoms with van der Waals surface area (Å²) in [6.45, 7) is 15.1. The molecule has 21 heavy (non-hydrogen) atoms. The van der Waals surface area contributed by atoms with Crippen LogP contribution >= 0.6 is 0 Å². The summed E-state index contributed by atoms with van der Waals surface area (Å²) in [4.78, 5) is 14.7. The number of hydrogen-bond donors (Lipinski definition) is 1. The smallest absolute Gasteiger partial charge is 0.273 e. The molecule has 0 bridgehead atoms. The van der Waals surface area contributed by atoms with Crippen LogP contribution in [-0.4, -0.2) is 41.1 Å². The van der Waals surface area contributed by atoms with E-state index in [1.54, 1.807) is 0 Å². The predicted molar refractivity (Wildman–Crippen MR) is 84.6 cm³/mol. The van der Waals surface area contributed by atoms with Gasteiger partial charge in [-0.15, -0.1) is 0 Å². The molecule has 1 heterocycles. The van der Waals surface area contributed by atoms with Crippen molar-refractivity contribution in [1.29, 1.82) is 0 Å². The van der Waals surface area contributed by atoms with Crippen molar-refractivity contribution >= 4 is 5.91 Å². The first kappa shape index (κ1) is 17.7. The Bertz CT molecular complexity index is 466. The lowest BCUT2D eigenvalue weighted by Crippen LogP contribution is -2.53. The monoisotopic (exact) mass is 295 g/mol. The number of carbonyl (C=O) groups excluding carboxylic acids is 1. The molecule has 120 valence electrons. The second-order valence-electron chi connectivity index (χ2n) is 5.64. The lowest BCUT2D eigenvalue weighted by atomic mass is 9.96. The molecule has 0 aliphatic carbocycles. The highest BCUT2D eigenvalue weighted by molar-refractivity contribution is 5.93. The molecule has 5 heteroatoms. The molecule has 5 nitrogen and oxygen atoms in total. The Morgan fingerprint density at radius 1 is 1.29 bits per heavy atom. The molecule has 1 N–H and O–H groups in total. The second kappa shape index (κ2) is 7.59. The lowest BCUT2D eigenvalue weighted by Gasteiger charge is -2.39. The molecule has 1 atom stereocenters. The van der Waals surface area contributed by atoms with Gasteiger partial charge in [-0.2, -0.15) is 0 Å². The van der Waals surface area contributed by atoms with Crippen molar-refractivity contribution in [2.45, 2.75) is 59.9 Å². The molecule has 0 spiro atoms. The number of aryl methyl sites for hydroxylation is 1. The predicted octanol–water partition coefficient (Wildman–Crippen LogP) is 2.79. The van der Waals surface area contributed by atoms with Crippen molar-refractivity contribution < 1.29 is 9.32 Å². The van der Waals surface area contributed by atoms with Gasteiger partial charge in [0.2, 0.25) is 0 Å². The average molecular weight is 295 g/mol. The summed E-state index contributed by atoms with van der Waals surface area (Å²) in [6.07, 6.45) is 1.73. The van der Waals surface area contributed by atoms with Crippen LogP contribution in [0.1, 0.15) is 62.9 Å². The van der Waals surface area contributed by atoms with Crippen LogP contribution in [0.15, 0.2) is 4.52 Å². The van der Waals surface area contributed by atoms with E-state index in [1.807, 2.05) is 13.8 Å². The van der Waals surface area contributed by atoms with Crippen LogP contribution in [0, 0.1) is 6.92 Å². The number of nitrogens with one attached hydrogen (secondary N) is 1. The van der Waals surface area contributed by atoms with E-state index in [-0.39, 0.29) is 11.4 Å². The van der Waals surface area contributed by atoms with Crippen LogP contribution in [-0.2, 0) is 6.42 Å². The molecule has 0 fully saturated rings. The van der Waals surface area contributed by atoms with Crippen LogP contribution in [0.5, 0.6) is 0 Å². The zero-order valence-electron chi connectivity index (χ0n) is 14.2. The lowest BCUT2D eigenvalue weighted by molar-refractivity contribution is 0.0834. The summed E-state index contributed by atoms with van der Waals surface area (Å²) in [5, 5.41) is 6.91. The molecule has 1 aromatic heterocycles. The molecule has 1 unspecified atom stereocenters. The fraction of sp³-hybridized carbons (Fsp3) is 0.750. The topological polar surface area (TPSA) is 58.4 Å². The average Bonchev–Trinajstić information content (AvgIpc) is 2.86. The van der Waals surface area contributed by atoms with Crippen LogP contribution < -0.4 is 5.32 Å². The summed E-state index contributed by atoms with van der Waals surface area (Å²) in [6, 6.07) is 0. The Morgan fingerprint density at radius 3 is 2.33 bits per heavy atom. The fourth-order valence-corrected chi connectivity index (χ4v) is 2.71. The van der Waals surface area contributed by atoms with Gasteiger partial charge in [0.25, 0.3) is 5.91 Å². The largest absolute Gasteiger partial charge is 0.360 e. The van der Waals surface area contributed by atoms with Gasteiger partial charge < -0.3 is 9.84 Å². The quantitative estimate of drug-likeness (QED) is 0.801. The van der Waals surface area contributed by atoms with E-state index in [4.69, 9.17) is 4.52 Å². The fourth-order valence-electron chi connectivity index (χ4n) is 2.71. The second-order valence-corrected chi connectivity index (χ2v) is 5.64. The van der Waals surface area contributed by atoms with Crippen molar-refractivity contribution in [3.8, 4) is 0 Å². The maximum atomic E-state index is 12.3. The SMILES string of the molecule is CCc1onc(C(=O)NCC(C)(CC)N(CC)CC)c1C. The molecule has 0 aromatic carbocycles. The van der Waals surface area contributed by atoms with Crippen LogP contribution in [0.3, 0.4) is 0 Å². The molecule has 0 saturated carbocycles. The number of aromatic nitrogens is 1. The molecule has 0 aliphatic rings. The zero-order chi connectivity index (χ0) is 16.0. The summed E-state index contributed by atoms with van der Waals surface area (Å²) in [5.74, 6) is 0.630. The molecule has 1 aromatic rings. The van der Waals surface area contributed by atoms with Crippen LogP contribution in [0.25, 0.3) is 0 Å². The first-order valence-corrected chi connectivity index (χ1v) is 7.91. The third kappa shape index (κ3) is 3.84. The number of nitrogens with zero attached hydrogens (tertiary/aromatic N) is 2. The maximum absolute atomic E-state index is 12.3. The van der Waals surface area contributed by atoms with Gasteiger partial charge in [0.1, 0.15) is 5.76 Å². The summed E-state index contributed by atoms with van der Waals surface area (Å²) in [7, 11) is 0. The molecular weight excluding hydrogens is 266 g/mol. The molecule has 0 radical (unpaired) electrons. The number of hydrogen-bond acceptors (Lipinski definition) is 4. The van der Waals surface area contributed by atoms with E-state index in [1.165, 1.54) is 0 Å². The third-order valence-electron chi connectivity index (χ3n) is 4.48. The van der Waals surface area contributed by atoms with Gasteiger partial charge >= 0.3 is 0 Å². The number of likely N-dealkylation sites (N-methyl/N-ethyl adjacent to an activating group) is 1. The van der Waals surface area contributed by atoms with Gasteiger partial charge in [0.05, 0.1) is 0 Å². The van der Waals surface area contributed by atoms with E-state index >= 15 is 0 Å². The Hall–Kier alpha value is -1.36. The van der Waals surface area contributed by atoms with Crippen molar-refractivity contribution in [3.05, 3.63) is 17.0 Å². The summed E-state index contributed by atoms with van der Waals surface area (Å²) >= 11 is 0. The summed E-state index contributed by atoms with van der Waals surface area (Å²) in [5.41, 5.74) is 1.21. The Balaban J connectivity index is 2.76. The number of carbonyl (C=O) groups is 1. The van der Waals surface area contributed by atoms with E-state index in [0.29, 0.717) is 12.2 Å². The minimum atomic E-state index is -0.150. The molecule has 1 amide bonds. The van der Waals surface area contributed by atoms with Crippen LogP contribution in [0.4, 0.5) is 0 Å². The first-order chi connectivity index (χ1) is 9.93. The third-order valence-corrected chi connectivity index (χ3v) is 4.48. The maximum Gasteiger partial charge on any atom is 0.273 e. The first-order valence-electron chi connectivity index (χ1n) is 7.91. The van der Waals surface area contributed by atoms with Gasteiger partial charge in [-0.1, -0.05) is 32.9 Å². The standard InChI is InChI=1S/C16H29N3O2/c1-7-13-12(5)14(18-21-13)15(20)17-11-16(6,8-2)19(9-3)10-4/h7-11H2,1-6H3,(H,17,20). The van der Waals surface area contributed by atoms with E-state index < -0.39 is 0 Å². The van der Waals surface area contributed by atoms with Crippen molar-refractivity contribution in [3.63, 3.8) is 0 Å². The minimum Gasteiger partial charge on any atom is -0.360 e. The molecule has 0 aliphatic heterocycles. The number of amides is 1. The van der Waals surface area contributed by atoms with Crippen molar-refractivity contribution in [2.24, 2.45) is 0 Å². The highest BCUT2D eigenvalue weighted by Gasteiger charge is 2.29. The van der Waals surface area contributed by atoms with Gasteiger partial charge in [0, 0.05) is 24.1 Å². The van der Waals surface area contributed by atoms with Gasteiger partial charge in [0.15, 0.2) is 5.69 Å². The van der Waals surface area contributed by atoms with E-state index in [9.17, 15) is 4.79 Å². The van der Waals surface area contributed by atoms with Gasteiger partial charge in [-0.3, -0.25) is 9.69 Å². The highest BCUT2D eigenvalue weighted by Crippen LogP contribution is 2.19. The number of rotatable bonds is 8. The van der Waals surface area contributed by atoms with E-state index in [0.717, 1.165) is 37.3 Å². The molecule has 0 saturated heterocycles. The summed E-state index contributed by atoms with van der Waals surface area (Å²) < 4.78 is 5.19. The van der Waals surface area contributed by atoms with Crippen molar-refractivity contribution in [1.82, 2.24) is 15.4 Å². The Morgan fingerprint density at radius 2 is 1.90 bits per heavy atom. The van der Waals surface area contributed by atoms with Gasteiger partial charge in [-0.05, 0) is 33.4 Å². The van der Waals surface area contributed by atoms with E-state index in [2.05, 4.69) is 43.1 Å². The highest BCUT2D eigenvalue weighted by atomic mass is 16.5. The minimum absolute atomic E-state index is 0.0373. The Labute approximate surface area is 128 Å². The molecule has 1 rings (SSSR count). The zero-order valence-corrected chi connectivity index (χ0v) is 14.2. The van der Waals surface area contributed by atoms with Crippen molar-refractivity contribution in [2.75, 3.05) is 19.6 Å². The van der Waals surface area contributed by atoms with Crippen LogP contribution in [0.2, 0.25) is 0 Å². The van der Waals surface area contributed by atoms with Gasteiger partial charge in [-0.25, -0.2) is 0 Å².